The fourth-order valence-electron chi connectivity index (χ4n) is 2.79. The van der Waals surface area contributed by atoms with E-state index < -0.39 is 0 Å². The molecule has 1 aliphatic rings. The molecular formula is C16H15N3O2S2. The van der Waals surface area contributed by atoms with Gasteiger partial charge in [0.15, 0.2) is 5.82 Å². The van der Waals surface area contributed by atoms with Crippen molar-refractivity contribution in [1.29, 1.82) is 0 Å². The number of thiophene rings is 2. The number of hydrogen-bond acceptors (Lipinski definition) is 6. The third-order valence-corrected chi connectivity index (χ3v) is 5.93. The van der Waals surface area contributed by atoms with E-state index in [1.807, 2.05) is 40.8 Å². The molecule has 0 N–H and O–H groups in total. The van der Waals surface area contributed by atoms with E-state index in [0.29, 0.717) is 18.3 Å². The van der Waals surface area contributed by atoms with E-state index in [1.54, 1.807) is 11.3 Å². The molecule has 0 aromatic carbocycles. The number of aryl methyl sites for hydroxylation is 1. The van der Waals surface area contributed by atoms with Crippen LogP contribution in [-0.2, 0) is 0 Å². The summed E-state index contributed by atoms with van der Waals surface area (Å²) in [5.74, 6) is 1.53. The van der Waals surface area contributed by atoms with E-state index in [2.05, 4.69) is 10.1 Å². The van der Waals surface area contributed by atoms with Gasteiger partial charge in [-0.2, -0.15) is 4.98 Å². The second-order valence-electron chi connectivity index (χ2n) is 5.60. The highest BCUT2D eigenvalue weighted by molar-refractivity contribution is 7.13. The Balaban J connectivity index is 1.48. The Morgan fingerprint density at radius 3 is 3.00 bits per heavy atom. The maximum Gasteiger partial charge on any atom is 0.267 e. The van der Waals surface area contributed by atoms with E-state index in [4.69, 9.17) is 4.52 Å². The molecule has 0 saturated carbocycles. The first-order chi connectivity index (χ1) is 11.2. The summed E-state index contributed by atoms with van der Waals surface area (Å²) < 4.78 is 5.36. The standard InChI is InChI=1S/C16H15N3O2S2/c1-10-5-8-23-13(10)16(20)19-6-4-11(9-19)14-17-15(21-18-14)12-3-2-7-22-12/h2-3,5,7-8,11H,4,6,9H2,1H3/t11-/m0/s1. The monoisotopic (exact) mass is 345 g/mol. The van der Waals surface area contributed by atoms with Crippen LogP contribution >= 0.6 is 22.7 Å². The Kier molecular flexibility index (Phi) is 3.74. The fraction of sp³-hybridized carbons (Fsp3) is 0.312. The van der Waals surface area contributed by atoms with Crippen molar-refractivity contribution in [2.45, 2.75) is 19.3 Å². The van der Waals surface area contributed by atoms with Crippen molar-refractivity contribution in [3.05, 3.63) is 45.2 Å². The molecule has 1 fully saturated rings. The van der Waals surface area contributed by atoms with Gasteiger partial charge in [-0.25, -0.2) is 0 Å². The van der Waals surface area contributed by atoms with Crippen LogP contribution in [0.1, 0.15) is 33.4 Å². The molecule has 1 saturated heterocycles. The van der Waals surface area contributed by atoms with E-state index in [1.165, 1.54) is 11.3 Å². The van der Waals surface area contributed by atoms with E-state index in [0.717, 1.165) is 28.3 Å². The average molecular weight is 345 g/mol. The molecule has 0 radical (unpaired) electrons. The second-order valence-corrected chi connectivity index (χ2v) is 7.47. The molecule has 3 aromatic heterocycles. The SMILES string of the molecule is Cc1ccsc1C(=O)N1CC[C@H](c2noc(-c3cccs3)n2)C1. The van der Waals surface area contributed by atoms with Crippen LogP contribution in [0.3, 0.4) is 0 Å². The first-order valence-electron chi connectivity index (χ1n) is 7.43. The molecule has 1 amide bonds. The molecule has 1 aliphatic heterocycles. The number of rotatable bonds is 3. The Hall–Kier alpha value is -1.99. The molecule has 5 nitrogen and oxygen atoms in total. The van der Waals surface area contributed by atoms with E-state index in [-0.39, 0.29) is 11.8 Å². The zero-order valence-corrected chi connectivity index (χ0v) is 14.2. The molecule has 4 heterocycles. The first kappa shape index (κ1) is 14.6. The summed E-state index contributed by atoms with van der Waals surface area (Å²) >= 11 is 3.08. The molecule has 4 rings (SSSR count). The number of nitrogens with zero attached hydrogens (tertiary/aromatic N) is 3. The third-order valence-electron chi connectivity index (χ3n) is 4.07. The molecule has 3 aromatic rings. The first-order valence-corrected chi connectivity index (χ1v) is 9.19. The van der Waals surface area contributed by atoms with Crippen LogP contribution < -0.4 is 0 Å². The van der Waals surface area contributed by atoms with E-state index >= 15 is 0 Å². The second kappa shape index (κ2) is 5.90. The third kappa shape index (κ3) is 2.70. The van der Waals surface area contributed by atoms with Crippen molar-refractivity contribution in [2.24, 2.45) is 0 Å². The van der Waals surface area contributed by atoms with Gasteiger partial charge < -0.3 is 9.42 Å². The average Bonchev–Trinajstić information content (AvgIpc) is 3.31. The van der Waals surface area contributed by atoms with Gasteiger partial charge in [0.1, 0.15) is 0 Å². The largest absolute Gasteiger partial charge is 0.337 e. The maximum absolute atomic E-state index is 12.6. The summed E-state index contributed by atoms with van der Waals surface area (Å²) in [6.07, 6.45) is 0.875. The van der Waals surface area contributed by atoms with Crippen molar-refractivity contribution in [3.63, 3.8) is 0 Å². The minimum Gasteiger partial charge on any atom is -0.337 e. The van der Waals surface area contributed by atoms with Crippen molar-refractivity contribution < 1.29 is 9.32 Å². The topological polar surface area (TPSA) is 59.2 Å². The minimum atomic E-state index is 0.113. The molecule has 23 heavy (non-hydrogen) atoms. The number of carbonyl (C=O) groups excluding carboxylic acids is 1. The van der Waals surface area contributed by atoms with Gasteiger partial charge in [-0.05, 0) is 41.8 Å². The molecule has 0 bridgehead atoms. The number of likely N-dealkylation sites (tertiary alicyclic amines) is 1. The Labute approximate surface area is 141 Å². The highest BCUT2D eigenvalue weighted by Gasteiger charge is 2.32. The van der Waals surface area contributed by atoms with Gasteiger partial charge in [0.25, 0.3) is 11.8 Å². The predicted octanol–water partition coefficient (Wildman–Crippen LogP) is 3.80. The number of carbonyl (C=O) groups is 1. The number of hydrogen-bond donors (Lipinski definition) is 0. The van der Waals surface area contributed by atoms with Gasteiger partial charge >= 0.3 is 0 Å². The quantitative estimate of drug-likeness (QED) is 0.724. The summed E-state index contributed by atoms with van der Waals surface area (Å²) in [6.45, 7) is 3.37. The Morgan fingerprint density at radius 1 is 1.35 bits per heavy atom. The van der Waals surface area contributed by atoms with Crippen LogP contribution in [-0.4, -0.2) is 34.0 Å². The molecule has 118 valence electrons. The zero-order valence-electron chi connectivity index (χ0n) is 12.6. The van der Waals surface area contributed by atoms with E-state index in [9.17, 15) is 4.79 Å². The van der Waals surface area contributed by atoms with Gasteiger partial charge in [0.2, 0.25) is 0 Å². The van der Waals surface area contributed by atoms with Crippen LogP contribution in [0, 0.1) is 6.92 Å². The summed E-state index contributed by atoms with van der Waals surface area (Å²) in [4.78, 5) is 20.8. The van der Waals surface area contributed by atoms with Gasteiger partial charge in [-0.15, -0.1) is 22.7 Å². The van der Waals surface area contributed by atoms with Crippen LogP contribution in [0.25, 0.3) is 10.8 Å². The van der Waals surface area contributed by atoms with Gasteiger partial charge in [-0.1, -0.05) is 11.2 Å². The minimum absolute atomic E-state index is 0.113. The van der Waals surface area contributed by atoms with Crippen molar-refractivity contribution in [1.82, 2.24) is 15.0 Å². The van der Waals surface area contributed by atoms with Crippen LogP contribution in [0.4, 0.5) is 0 Å². The Bertz CT molecular complexity index is 822. The van der Waals surface area contributed by atoms with Gasteiger partial charge in [0.05, 0.1) is 9.75 Å². The molecular weight excluding hydrogens is 330 g/mol. The summed E-state index contributed by atoms with van der Waals surface area (Å²) in [6, 6.07) is 5.91. The Morgan fingerprint density at radius 2 is 2.26 bits per heavy atom. The lowest BCUT2D eigenvalue weighted by atomic mass is 10.1. The maximum atomic E-state index is 12.6. The lowest BCUT2D eigenvalue weighted by Crippen LogP contribution is -2.28. The smallest absolute Gasteiger partial charge is 0.267 e. The number of aromatic nitrogens is 2. The highest BCUT2D eigenvalue weighted by Crippen LogP contribution is 2.30. The lowest BCUT2D eigenvalue weighted by Gasteiger charge is -2.15. The normalized spacial score (nSPS) is 17.8. The molecule has 1 atom stereocenters. The highest BCUT2D eigenvalue weighted by atomic mass is 32.1. The van der Waals surface area contributed by atoms with Crippen LogP contribution in [0.5, 0.6) is 0 Å². The lowest BCUT2D eigenvalue weighted by molar-refractivity contribution is 0.0794. The van der Waals surface area contributed by atoms with Gasteiger partial charge in [0, 0.05) is 19.0 Å². The molecule has 0 unspecified atom stereocenters. The van der Waals surface area contributed by atoms with Crippen molar-refractivity contribution in [3.8, 4) is 10.8 Å². The van der Waals surface area contributed by atoms with Crippen molar-refractivity contribution in [2.75, 3.05) is 13.1 Å². The molecule has 7 heteroatoms. The van der Waals surface area contributed by atoms with Crippen LogP contribution in [0.2, 0.25) is 0 Å². The summed E-state index contributed by atoms with van der Waals surface area (Å²) in [5, 5.41) is 8.06. The fourth-order valence-corrected chi connectivity index (χ4v) is 4.33. The molecule has 0 aliphatic carbocycles. The van der Waals surface area contributed by atoms with Gasteiger partial charge in [-0.3, -0.25) is 4.79 Å². The predicted molar refractivity (Wildman–Crippen MR) is 89.9 cm³/mol. The van der Waals surface area contributed by atoms with Crippen LogP contribution in [0.15, 0.2) is 33.5 Å². The summed E-state index contributed by atoms with van der Waals surface area (Å²) in [7, 11) is 0. The van der Waals surface area contributed by atoms with Crippen molar-refractivity contribution >= 4 is 28.6 Å². The summed E-state index contributed by atoms with van der Waals surface area (Å²) in [5.41, 5.74) is 1.04. The zero-order chi connectivity index (χ0) is 15.8. The number of amides is 1. The molecule has 0 spiro atoms.